The van der Waals surface area contributed by atoms with E-state index in [4.69, 9.17) is 23.7 Å². The van der Waals surface area contributed by atoms with Gasteiger partial charge in [0.1, 0.15) is 24.6 Å². The molecule has 0 amide bonds. The van der Waals surface area contributed by atoms with Crippen LogP contribution in [0.25, 0.3) is 0 Å². The van der Waals surface area contributed by atoms with Gasteiger partial charge in [-0.05, 0) is 44.0 Å². The van der Waals surface area contributed by atoms with E-state index in [1.54, 1.807) is 7.11 Å². The van der Waals surface area contributed by atoms with Crippen LogP contribution in [0.3, 0.4) is 0 Å². The lowest BCUT2D eigenvalue weighted by molar-refractivity contribution is -0.184. The Labute approximate surface area is 294 Å². The Hall–Kier alpha value is -4.01. The van der Waals surface area contributed by atoms with Gasteiger partial charge in [-0.15, -0.1) is 11.8 Å². The van der Waals surface area contributed by atoms with Crippen molar-refractivity contribution >= 4 is 23.7 Å². The molecule has 0 aliphatic carbocycles. The first-order valence-corrected chi connectivity index (χ1v) is 17.9. The standard InChI is InChI=1S/C37H41N3O9S/c1-17-11-21-12-23-36(43)40-24-14-46-37(44)22(38-13-20-9-7-6-8-10-20)15-50-35(29(40)28(39(23)4)25(21)30(42)31(17)45-5)27-26(24)34-33(47-16-48-34)18(2)32(27)49-19(3)41/h6-11,22-24,28-29,35-36,38,42-43H,12-16H2,1-5H3/t22-,23+,24+,28-,29?,35-,36+/m1/s1. The molecule has 2 saturated heterocycles. The maximum atomic E-state index is 13.8. The fraction of sp³-hybridized carbons (Fsp3) is 0.459. The van der Waals surface area contributed by atoms with Crippen molar-refractivity contribution < 1.29 is 43.5 Å². The van der Waals surface area contributed by atoms with Crippen molar-refractivity contribution in [1.29, 1.82) is 0 Å². The third-order valence-corrected chi connectivity index (χ3v) is 12.3. The molecule has 13 heteroatoms. The van der Waals surface area contributed by atoms with E-state index >= 15 is 0 Å². The van der Waals surface area contributed by atoms with Crippen LogP contribution in [0.15, 0.2) is 36.4 Å². The molecule has 6 aliphatic heterocycles. The summed E-state index contributed by atoms with van der Waals surface area (Å²) in [7, 11) is 3.52. The smallest absolute Gasteiger partial charge is 0.324 e. The largest absolute Gasteiger partial charge is 0.504 e. The van der Waals surface area contributed by atoms with E-state index in [1.807, 2.05) is 62.2 Å². The third-order valence-electron chi connectivity index (χ3n) is 10.9. The number of ether oxygens (including phenoxy) is 5. The minimum absolute atomic E-state index is 0.0255. The number of piperazine rings is 1. The molecule has 3 aromatic carbocycles. The molecule has 3 aromatic rings. The minimum Gasteiger partial charge on any atom is -0.504 e. The van der Waals surface area contributed by atoms with Gasteiger partial charge in [-0.25, -0.2) is 0 Å². The first kappa shape index (κ1) is 33.2. The first-order valence-electron chi connectivity index (χ1n) is 16.9. The Bertz CT molecular complexity index is 1870. The fourth-order valence-corrected chi connectivity index (χ4v) is 10.3. The zero-order valence-corrected chi connectivity index (χ0v) is 29.4. The number of aromatic hydroxyl groups is 1. The quantitative estimate of drug-likeness (QED) is 0.263. The van der Waals surface area contributed by atoms with E-state index in [2.05, 4.69) is 10.2 Å². The van der Waals surface area contributed by atoms with Crippen molar-refractivity contribution in [3.63, 3.8) is 0 Å². The van der Waals surface area contributed by atoms with Gasteiger partial charge in [0.15, 0.2) is 23.0 Å². The molecule has 6 heterocycles. The van der Waals surface area contributed by atoms with E-state index in [0.29, 0.717) is 52.8 Å². The number of aliphatic hydroxyl groups is 1. The van der Waals surface area contributed by atoms with Crippen LogP contribution in [0.5, 0.6) is 28.7 Å². The van der Waals surface area contributed by atoms with Gasteiger partial charge >= 0.3 is 11.9 Å². The number of fused-ring (bicyclic) bond motifs is 10. The van der Waals surface area contributed by atoms with Gasteiger partial charge in [0.2, 0.25) is 6.79 Å². The topological polar surface area (TPSA) is 139 Å². The Morgan fingerprint density at radius 1 is 1.08 bits per heavy atom. The van der Waals surface area contributed by atoms with Gasteiger partial charge in [0, 0.05) is 47.5 Å². The average Bonchev–Trinajstić information content (AvgIpc) is 3.59. The van der Waals surface area contributed by atoms with Gasteiger partial charge in [0.25, 0.3) is 0 Å². The van der Waals surface area contributed by atoms with Crippen LogP contribution in [0.1, 0.15) is 63.2 Å². The van der Waals surface area contributed by atoms with Crippen LogP contribution >= 0.6 is 11.8 Å². The molecule has 0 saturated carbocycles. The number of nitrogens with zero attached hydrogens (tertiary/aromatic N) is 2. The van der Waals surface area contributed by atoms with E-state index in [1.165, 1.54) is 18.7 Å². The third kappa shape index (κ3) is 5.04. The van der Waals surface area contributed by atoms with Gasteiger partial charge in [-0.2, -0.15) is 0 Å². The molecule has 9 rings (SSSR count). The molecule has 50 heavy (non-hydrogen) atoms. The summed E-state index contributed by atoms with van der Waals surface area (Å²) in [6.45, 7) is 5.45. The lowest BCUT2D eigenvalue weighted by Crippen LogP contribution is -2.69. The molecule has 2 fully saturated rings. The number of methoxy groups -OCH3 is 1. The molecule has 0 aromatic heterocycles. The predicted octanol–water partition coefficient (Wildman–Crippen LogP) is 3.82. The number of phenols is 1. The average molecular weight is 704 g/mol. The zero-order chi connectivity index (χ0) is 35.0. The highest BCUT2D eigenvalue weighted by Crippen LogP contribution is 2.63. The van der Waals surface area contributed by atoms with E-state index in [0.717, 1.165) is 27.8 Å². The van der Waals surface area contributed by atoms with Crippen molar-refractivity contribution in [1.82, 2.24) is 15.1 Å². The molecule has 264 valence electrons. The normalized spacial score (nSPS) is 28.3. The number of carbonyl (C=O) groups is 2. The summed E-state index contributed by atoms with van der Waals surface area (Å²) in [5.41, 5.74) is 5.56. The molecular weight excluding hydrogens is 662 g/mol. The van der Waals surface area contributed by atoms with E-state index < -0.39 is 47.6 Å². The Morgan fingerprint density at radius 3 is 2.58 bits per heavy atom. The number of aryl methyl sites for hydroxylation is 1. The number of aliphatic hydroxyl groups excluding tert-OH is 1. The highest BCUT2D eigenvalue weighted by atomic mass is 32.2. The van der Waals surface area contributed by atoms with Crippen molar-refractivity contribution in [2.45, 2.75) is 75.4 Å². The van der Waals surface area contributed by atoms with Gasteiger partial charge < -0.3 is 33.9 Å². The second kappa shape index (κ2) is 12.6. The van der Waals surface area contributed by atoms with Crippen LogP contribution in [0.2, 0.25) is 0 Å². The number of rotatable bonds is 5. The second-order valence-electron chi connectivity index (χ2n) is 13.6. The second-order valence-corrected chi connectivity index (χ2v) is 14.8. The number of phenolic OH excluding ortho intramolecular Hbond substituents is 1. The molecular formula is C37H41N3O9S. The molecule has 0 spiro atoms. The summed E-state index contributed by atoms with van der Waals surface area (Å²) in [6.07, 6.45) is -0.500. The summed E-state index contributed by atoms with van der Waals surface area (Å²) < 4.78 is 30.0. The van der Waals surface area contributed by atoms with E-state index in [9.17, 15) is 19.8 Å². The Morgan fingerprint density at radius 2 is 1.84 bits per heavy atom. The molecule has 4 bridgehead atoms. The highest BCUT2D eigenvalue weighted by molar-refractivity contribution is 7.99. The summed E-state index contributed by atoms with van der Waals surface area (Å²) >= 11 is 1.53. The molecule has 12 nitrogen and oxygen atoms in total. The predicted molar refractivity (Wildman–Crippen MR) is 184 cm³/mol. The maximum absolute atomic E-state index is 13.8. The number of nitrogens with one attached hydrogen (secondary N) is 1. The fourth-order valence-electron chi connectivity index (χ4n) is 8.76. The lowest BCUT2D eigenvalue weighted by Gasteiger charge is -2.62. The maximum Gasteiger partial charge on any atom is 0.324 e. The first-order chi connectivity index (χ1) is 24.1. The molecule has 0 radical (unpaired) electrons. The summed E-state index contributed by atoms with van der Waals surface area (Å²) in [5, 5.41) is 27.2. The molecule has 3 N–H and O–H groups in total. The number of carbonyl (C=O) groups excluding carboxylic acids is 2. The van der Waals surface area contributed by atoms with Crippen LogP contribution in [-0.4, -0.2) is 89.6 Å². The van der Waals surface area contributed by atoms with Crippen LogP contribution < -0.4 is 24.3 Å². The number of hydrogen-bond acceptors (Lipinski definition) is 13. The molecule has 7 atom stereocenters. The monoisotopic (exact) mass is 703 g/mol. The number of thioether (sulfide) groups is 1. The number of benzene rings is 3. The lowest BCUT2D eigenvalue weighted by atomic mass is 9.73. The Balaban J connectivity index is 1.34. The minimum atomic E-state index is -0.984. The SMILES string of the molecule is COc1c(C)cc2c(c1O)[C@@H]1C3[C@@H]4SC[C@@H](NCc5ccccc5)C(=O)OC[C@@H](c5c6c(c(C)c(OC(C)=O)c54)OCO6)N3[C@@H](O)[C@H](C2)N1C. The summed E-state index contributed by atoms with van der Waals surface area (Å²) in [4.78, 5) is 30.7. The van der Waals surface area contributed by atoms with Crippen LogP contribution in [0, 0.1) is 13.8 Å². The Kier molecular flexibility index (Phi) is 8.38. The van der Waals surface area contributed by atoms with Crippen molar-refractivity contribution in [2.24, 2.45) is 0 Å². The summed E-state index contributed by atoms with van der Waals surface area (Å²) in [6, 6.07) is 9.31. The molecule has 6 aliphatic rings. The number of hydrogen-bond donors (Lipinski definition) is 3. The van der Waals surface area contributed by atoms with Crippen LogP contribution in [0.4, 0.5) is 0 Å². The number of likely N-dealkylation sites (N-methyl/N-ethyl adjacent to an activating group) is 1. The van der Waals surface area contributed by atoms with E-state index in [-0.39, 0.29) is 25.2 Å². The van der Waals surface area contributed by atoms with Crippen molar-refractivity contribution in [3.8, 4) is 28.7 Å². The van der Waals surface area contributed by atoms with Gasteiger partial charge in [0.05, 0.1) is 30.5 Å². The molecule has 1 unspecified atom stereocenters. The highest BCUT2D eigenvalue weighted by Gasteiger charge is 2.60. The number of esters is 2. The van der Waals surface area contributed by atoms with Gasteiger partial charge in [-0.1, -0.05) is 36.4 Å². The van der Waals surface area contributed by atoms with Crippen LogP contribution in [-0.2, 0) is 27.3 Å². The summed E-state index contributed by atoms with van der Waals surface area (Å²) in [5.74, 6) is 1.24. The van der Waals surface area contributed by atoms with Gasteiger partial charge in [-0.3, -0.25) is 24.7 Å². The van der Waals surface area contributed by atoms with Crippen molar-refractivity contribution in [2.75, 3.05) is 33.3 Å². The van der Waals surface area contributed by atoms with Crippen molar-refractivity contribution in [3.05, 3.63) is 75.3 Å². The zero-order valence-electron chi connectivity index (χ0n) is 28.6.